The van der Waals surface area contributed by atoms with Crippen molar-refractivity contribution in [1.82, 2.24) is 0 Å². The molecule has 3 rings (SSSR count). The van der Waals surface area contributed by atoms with Crippen LogP contribution in [0.3, 0.4) is 0 Å². The number of nitrogens with zero attached hydrogens (tertiary/aromatic N) is 1. The summed E-state index contributed by atoms with van der Waals surface area (Å²) in [6.07, 6.45) is 4.11. The number of hydrogen-bond acceptors (Lipinski definition) is 3. The van der Waals surface area contributed by atoms with Crippen molar-refractivity contribution in [2.75, 3.05) is 12.0 Å². The van der Waals surface area contributed by atoms with E-state index >= 15 is 0 Å². The maximum Gasteiger partial charge on any atom is 0.258 e. The average Bonchev–Trinajstić information content (AvgIpc) is 2.70. The molecule has 5 nitrogen and oxygen atoms in total. The molecule has 0 spiro atoms. The number of carbonyl (C=O) groups is 2. The number of hydrogen-bond donors (Lipinski definition) is 1. The number of primary amides is 1. The van der Waals surface area contributed by atoms with Crippen LogP contribution in [0.25, 0.3) is 0 Å². The number of rotatable bonds is 7. The van der Waals surface area contributed by atoms with E-state index < -0.39 is 0 Å². The van der Waals surface area contributed by atoms with Crippen LogP contribution in [0.4, 0.5) is 5.69 Å². The van der Waals surface area contributed by atoms with Gasteiger partial charge in [0.05, 0.1) is 7.11 Å². The molecule has 1 heterocycles. The lowest BCUT2D eigenvalue weighted by Crippen LogP contribution is -2.43. The number of nitrogens with two attached hydrogens (primary N) is 1. The van der Waals surface area contributed by atoms with Crippen LogP contribution in [0.2, 0.25) is 0 Å². The van der Waals surface area contributed by atoms with Gasteiger partial charge in [0, 0.05) is 23.7 Å². The van der Waals surface area contributed by atoms with E-state index in [2.05, 4.69) is 13.0 Å². The maximum absolute atomic E-state index is 13.3. The number of ether oxygens (including phenoxy) is 1. The molecule has 1 aliphatic rings. The van der Waals surface area contributed by atoms with Crippen molar-refractivity contribution in [3.63, 3.8) is 0 Å². The van der Waals surface area contributed by atoms with Gasteiger partial charge in [-0.2, -0.15) is 0 Å². The SMILES string of the molecule is COc1cccc(C(=O)N2c3ccccc3C(CCCCC(N)=O)CC2C)c1. The minimum absolute atomic E-state index is 0.00831. The molecule has 2 atom stereocenters. The zero-order valence-corrected chi connectivity index (χ0v) is 16.6. The van der Waals surface area contributed by atoms with Crippen molar-refractivity contribution in [3.8, 4) is 5.75 Å². The van der Waals surface area contributed by atoms with Gasteiger partial charge in [0.2, 0.25) is 5.91 Å². The molecule has 2 N–H and O–H groups in total. The lowest BCUT2D eigenvalue weighted by Gasteiger charge is -2.39. The predicted octanol–water partition coefficient (Wildman–Crippen LogP) is 4.26. The van der Waals surface area contributed by atoms with E-state index in [0.717, 1.165) is 31.4 Å². The molecule has 0 saturated carbocycles. The van der Waals surface area contributed by atoms with Crippen LogP contribution < -0.4 is 15.4 Å². The molecule has 1 aliphatic heterocycles. The van der Waals surface area contributed by atoms with E-state index in [9.17, 15) is 9.59 Å². The molecule has 0 aliphatic carbocycles. The fourth-order valence-electron chi connectivity index (χ4n) is 4.10. The zero-order chi connectivity index (χ0) is 20.1. The Morgan fingerprint density at radius 2 is 1.93 bits per heavy atom. The summed E-state index contributed by atoms with van der Waals surface area (Å²) < 4.78 is 5.27. The Labute approximate surface area is 166 Å². The van der Waals surface area contributed by atoms with Gasteiger partial charge in [-0.1, -0.05) is 30.7 Å². The number of methoxy groups -OCH3 is 1. The second-order valence-electron chi connectivity index (χ2n) is 7.46. The van der Waals surface area contributed by atoms with E-state index in [-0.39, 0.29) is 17.9 Å². The molecule has 0 aromatic heterocycles. The fourth-order valence-corrected chi connectivity index (χ4v) is 4.10. The van der Waals surface area contributed by atoms with Gasteiger partial charge in [-0.15, -0.1) is 0 Å². The third-order valence-corrected chi connectivity index (χ3v) is 5.46. The number of amides is 2. The zero-order valence-electron chi connectivity index (χ0n) is 16.6. The van der Waals surface area contributed by atoms with Gasteiger partial charge in [-0.05, 0) is 61.9 Å². The molecular weight excluding hydrogens is 352 g/mol. The number of carbonyl (C=O) groups excluding carboxylic acids is 2. The third kappa shape index (κ3) is 4.35. The van der Waals surface area contributed by atoms with Crippen LogP contribution in [0.1, 0.15) is 60.9 Å². The molecule has 2 aromatic carbocycles. The molecule has 28 heavy (non-hydrogen) atoms. The van der Waals surface area contributed by atoms with E-state index in [0.29, 0.717) is 23.7 Å². The predicted molar refractivity (Wildman–Crippen MR) is 111 cm³/mol. The highest BCUT2D eigenvalue weighted by molar-refractivity contribution is 6.07. The minimum Gasteiger partial charge on any atom is -0.497 e. The highest BCUT2D eigenvalue weighted by atomic mass is 16.5. The van der Waals surface area contributed by atoms with Crippen molar-refractivity contribution in [1.29, 1.82) is 0 Å². The number of para-hydroxylation sites is 1. The number of anilines is 1. The second kappa shape index (κ2) is 8.91. The molecule has 2 amide bonds. The number of unbranched alkanes of at least 4 members (excludes halogenated alkanes) is 1. The molecule has 148 valence electrons. The Balaban J connectivity index is 1.83. The summed E-state index contributed by atoms with van der Waals surface area (Å²) in [6, 6.07) is 15.5. The summed E-state index contributed by atoms with van der Waals surface area (Å²) in [5, 5.41) is 0. The summed E-state index contributed by atoms with van der Waals surface area (Å²) in [7, 11) is 1.60. The van der Waals surface area contributed by atoms with Crippen molar-refractivity contribution in [2.45, 2.75) is 51.0 Å². The normalized spacial score (nSPS) is 18.4. The lowest BCUT2D eigenvalue weighted by atomic mass is 9.82. The van der Waals surface area contributed by atoms with Gasteiger partial charge < -0.3 is 15.4 Å². The van der Waals surface area contributed by atoms with E-state index in [1.807, 2.05) is 41.3 Å². The van der Waals surface area contributed by atoms with Gasteiger partial charge in [0.15, 0.2) is 0 Å². The molecule has 0 radical (unpaired) electrons. The van der Waals surface area contributed by atoms with E-state index in [1.165, 1.54) is 5.56 Å². The fraction of sp³-hybridized carbons (Fsp3) is 0.391. The van der Waals surface area contributed by atoms with Crippen molar-refractivity contribution in [3.05, 3.63) is 59.7 Å². The summed E-state index contributed by atoms with van der Waals surface area (Å²) in [5.41, 5.74) is 8.06. The van der Waals surface area contributed by atoms with Crippen LogP contribution in [-0.2, 0) is 4.79 Å². The first-order valence-corrected chi connectivity index (χ1v) is 9.86. The quantitative estimate of drug-likeness (QED) is 0.729. The van der Waals surface area contributed by atoms with E-state index in [1.54, 1.807) is 13.2 Å². The van der Waals surface area contributed by atoms with Gasteiger partial charge >= 0.3 is 0 Å². The Kier molecular flexibility index (Phi) is 6.34. The second-order valence-corrected chi connectivity index (χ2v) is 7.46. The molecule has 5 heteroatoms. The Bertz CT molecular complexity index is 849. The largest absolute Gasteiger partial charge is 0.497 e. The van der Waals surface area contributed by atoms with Crippen molar-refractivity contribution < 1.29 is 14.3 Å². The summed E-state index contributed by atoms with van der Waals surface area (Å²) in [6.45, 7) is 2.10. The van der Waals surface area contributed by atoms with Crippen LogP contribution >= 0.6 is 0 Å². The van der Waals surface area contributed by atoms with Crippen LogP contribution in [0.15, 0.2) is 48.5 Å². The summed E-state index contributed by atoms with van der Waals surface area (Å²) in [5.74, 6) is 0.808. The van der Waals surface area contributed by atoms with Gasteiger partial charge in [-0.3, -0.25) is 9.59 Å². The number of benzene rings is 2. The van der Waals surface area contributed by atoms with Crippen LogP contribution in [0, 0.1) is 0 Å². The van der Waals surface area contributed by atoms with Gasteiger partial charge in [0.1, 0.15) is 5.75 Å². The summed E-state index contributed by atoms with van der Waals surface area (Å²) >= 11 is 0. The van der Waals surface area contributed by atoms with Crippen LogP contribution in [-0.4, -0.2) is 25.0 Å². The number of fused-ring (bicyclic) bond motifs is 1. The van der Waals surface area contributed by atoms with Crippen molar-refractivity contribution >= 4 is 17.5 Å². The van der Waals surface area contributed by atoms with Crippen LogP contribution in [0.5, 0.6) is 5.75 Å². The highest BCUT2D eigenvalue weighted by Crippen LogP contribution is 2.41. The Morgan fingerprint density at radius 1 is 1.14 bits per heavy atom. The average molecular weight is 380 g/mol. The van der Waals surface area contributed by atoms with E-state index in [4.69, 9.17) is 10.5 Å². The molecule has 0 fully saturated rings. The molecule has 0 saturated heterocycles. The first kappa shape index (κ1) is 19.9. The van der Waals surface area contributed by atoms with Gasteiger partial charge in [0.25, 0.3) is 5.91 Å². The van der Waals surface area contributed by atoms with Crippen molar-refractivity contribution in [2.24, 2.45) is 5.73 Å². The Morgan fingerprint density at radius 3 is 2.68 bits per heavy atom. The first-order valence-electron chi connectivity index (χ1n) is 9.86. The topological polar surface area (TPSA) is 72.6 Å². The first-order chi connectivity index (χ1) is 13.5. The standard InChI is InChI=1S/C23H28N2O3/c1-16-14-17(8-3-6-13-22(24)26)20-11-4-5-12-21(20)25(16)23(27)18-9-7-10-19(15-18)28-2/h4-5,7,9-12,15-17H,3,6,8,13-14H2,1-2H3,(H2,24,26). The molecular formula is C23H28N2O3. The summed E-state index contributed by atoms with van der Waals surface area (Å²) in [4.78, 5) is 26.2. The molecule has 2 unspecified atom stereocenters. The maximum atomic E-state index is 13.3. The molecule has 2 aromatic rings. The minimum atomic E-state index is -0.243. The smallest absolute Gasteiger partial charge is 0.258 e. The van der Waals surface area contributed by atoms with Gasteiger partial charge in [-0.25, -0.2) is 0 Å². The third-order valence-electron chi connectivity index (χ3n) is 5.46. The lowest BCUT2D eigenvalue weighted by molar-refractivity contribution is -0.118. The monoisotopic (exact) mass is 380 g/mol. The molecule has 0 bridgehead atoms. The highest BCUT2D eigenvalue weighted by Gasteiger charge is 2.33. The Hall–Kier alpha value is -2.82.